The first kappa shape index (κ1) is 23.3. The summed E-state index contributed by atoms with van der Waals surface area (Å²) in [6, 6.07) is 7.78. The van der Waals surface area contributed by atoms with Crippen LogP contribution in [0.1, 0.15) is 69.4 Å². The molecule has 1 aromatic carbocycles. The fourth-order valence-electron chi connectivity index (χ4n) is 5.57. The van der Waals surface area contributed by atoms with Crippen molar-refractivity contribution in [1.82, 2.24) is 5.32 Å². The molecule has 1 fully saturated rings. The zero-order chi connectivity index (χ0) is 23.7. The van der Waals surface area contributed by atoms with Crippen LogP contribution in [0.5, 0.6) is 0 Å². The van der Waals surface area contributed by atoms with Crippen LogP contribution in [0, 0.1) is 18.8 Å². The summed E-state index contributed by atoms with van der Waals surface area (Å²) < 4.78 is 10.9. The molecule has 1 aromatic rings. The zero-order valence-electron chi connectivity index (χ0n) is 19.9. The predicted octanol–water partition coefficient (Wildman–Crippen LogP) is 4.48. The molecule has 0 bridgehead atoms. The summed E-state index contributed by atoms with van der Waals surface area (Å²) in [5.41, 5.74) is 4.30. The first-order valence-corrected chi connectivity index (χ1v) is 11.9. The largest absolute Gasteiger partial charge is 0.468 e. The summed E-state index contributed by atoms with van der Waals surface area (Å²) in [7, 11) is 1.31. The normalized spacial score (nSPS) is 25.9. The highest BCUT2D eigenvalue weighted by Crippen LogP contribution is 2.46. The number of carbonyl (C=O) groups excluding carboxylic acids is 3. The van der Waals surface area contributed by atoms with E-state index in [4.69, 9.17) is 9.47 Å². The number of esters is 2. The number of methoxy groups -OCH3 is 1. The van der Waals surface area contributed by atoms with Crippen LogP contribution in [0.15, 0.2) is 46.8 Å². The van der Waals surface area contributed by atoms with Crippen LogP contribution < -0.4 is 5.32 Å². The standard InChI is InChI=1S/C27H33NO5/c1-15-10-8-9-13-19(15)23-22(27(31)33-18-11-6-5-7-12-18)17(3)28-20-14-16(2)21(26(30)32-4)25(29)24(20)23/h8-10,13,16,18,21,23,28H,5-7,11-12,14H2,1-4H3/t16-,21+,23-/m1/s1. The maximum atomic E-state index is 13.8. The van der Waals surface area contributed by atoms with E-state index in [1.54, 1.807) is 0 Å². The molecular formula is C27H33NO5. The van der Waals surface area contributed by atoms with Gasteiger partial charge in [-0.1, -0.05) is 37.6 Å². The molecule has 1 heterocycles. The molecule has 1 aliphatic heterocycles. The van der Waals surface area contributed by atoms with Crippen LogP contribution in [0.2, 0.25) is 0 Å². The number of hydrogen-bond donors (Lipinski definition) is 1. The number of hydrogen-bond acceptors (Lipinski definition) is 6. The maximum absolute atomic E-state index is 13.8. The average Bonchev–Trinajstić information content (AvgIpc) is 2.79. The van der Waals surface area contributed by atoms with Crippen molar-refractivity contribution >= 4 is 17.7 Å². The van der Waals surface area contributed by atoms with Crippen molar-refractivity contribution in [3.63, 3.8) is 0 Å². The Morgan fingerprint density at radius 3 is 2.42 bits per heavy atom. The molecule has 33 heavy (non-hydrogen) atoms. The average molecular weight is 452 g/mol. The molecular weight excluding hydrogens is 418 g/mol. The van der Waals surface area contributed by atoms with Crippen molar-refractivity contribution < 1.29 is 23.9 Å². The van der Waals surface area contributed by atoms with Crippen molar-refractivity contribution in [1.29, 1.82) is 0 Å². The van der Waals surface area contributed by atoms with Crippen molar-refractivity contribution in [2.45, 2.75) is 71.3 Å². The van der Waals surface area contributed by atoms with E-state index in [2.05, 4.69) is 5.32 Å². The van der Waals surface area contributed by atoms with Crippen LogP contribution in [0.25, 0.3) is 0 Å². The SMILES string of the molecule is COC(=O)[C@@H]1C(=O)C2=C(C[C@H]1C)NC(C)=C(C(=O)OC1CCCCC1)[C@H]2c1ccccc1C. The molecule has 3 aliphatic rings. The Morgan fingerprint density at radius 1 is 1.06 bits per heavy atom. The molecule has 1 saturated carbocycles. The molecule has 4 rings (SSSR count). The van der Waals surface area contributed by atoms with E-state index < -0.39 is 17.8 Å². The van der Waals surface area contributed by atoms with Crippen molar-refractivity contribution in [2.75, 3.05) is 7.11 Å². The third-order valence-corrected chi connectivity index (χ3v) is 7.29. The topological polar surface area (TPSA) is 81.7 Å². The monoisotopic (exact) mass is 451 g/mol. The molecule has 3 atom stereocenters. The lowest BCUT2D eigenvalue weighted by atomic mass is 9.68. The van der Waals surface area contributed by atoms with E-state index in [0.29, 0.717) is 23.3 Å². The van der Waals surface area contributed by atoms with Crippen LogP contribution in [0.4, 0.5) is 0 Å². The molecule has 0 unspecified atom stereocenters. The lowest BCUT2D eigenvalue weighted by Gasteiger charge is -2.39. The van der Waals surface area contributed by atoms with E-state index >= 15 is 0 Å². The number of rotatable bonds is 4. The highest BCUT2D eigenvalue weighted by Gasteiger charge is 2.47. The van der Waals surface area contributed by atoms with Gasteiger partial charge in [-0.2, -0.15) is 0 Å². The zero-order valence-corrected chi connectivity index (χ0v) is 19.9. The number of Topliss-reactive ketones (excluding diaryl/α,β-unsaturated/α-hetero) is 1. The fraction of sp³-hybridized carbons (Fsp3) is 0.519. The van der Waals surface area contributed by atoms with E-state index in [1.165, 1.54) is 13.5 Å². The Morgan fingerprint density at radius 2 is 1.76 bits per heavy atom. The Bertz CT molecular complexity index is 1030. The number of nitrogens with one attached hydrogen (secondary N) is 1. The van der Waals surface area contributed by atoms with Crippen molar-refractivity contribution in [2.24, 2.45) is 11.8 Å². The van der Waals surface area contributed by atoms with Gasteiger partial charge in [-0.25, -0.2) is 4.79 Å². The van der Waals surface area contributed by atoms with Crippen LogP contribution in [-0.4, -0.2) is 30.9 Å². The number of benzene rings is 1. The smallest absolute Gasteiger partial charge is 0.337 e. The summed E-state index contributed by atoms with van der Waals surface area (Å²) >= 11 is 0. The van der Waals surface area contributed by atoms with Gasteiger partial charge >= 0.3 is 11.9 Å². The van der Waals surface area contributed by atoms with Gasteiger partial charge in [0.05, 0.1) is 12.7 Å². The minimum absolute atomic E-state index is 0.0932. The number of ketones is 1. The Balaban J connectivity index is 1.80. The van der Waals surface area contributed by atoms with E-state index in [1.807, 2.05) is 45.0 Å². The molecule has 6 heteroatoms. The molecule has 176 valence electrons. The molecule has 2 aliphatic carbocycles. The quantitative estimate of drug-likeness (QED) is 0.537. The second kappa shape index (κ2) is 9.54. The van der Waals surface area contributed by atoms with Gasteiger partial charge in [0.25, 0.3) is 0 Å². The Labute approximate surface area is 195 Å². The number of allylic oxidation sites excluding steroid dienone is 3. The second-order valence-electron chi connectivity index (χ2n) is 9.56. The lowest BCUT2D eigenvalue weighted by Crippen LogP contribution is -2.43. The van der Waals surface area contributed by atoms with Crippen LogP contribution in [-0.2, 0) is 23.9 Å². The van der Waals surface area contributed by atoms with Gasteiger partial charge in [-0.3, -0.25) is 9.59 Å². The molecule has 0 aromatic heterocycles. The number of dihydropyridines is 1. The van der Waals surface area contributed by atoms with E-state index in [0.717, 1.165) is 42.5 Å². The third-order valence-electron chi connectivity index (χ3n) is 7.29. The number of ether oxygens (including phenoxy) is 2. The van der Waals surface area contributed by atoms with Gasteiger partial charge in [0.2, 0.25) is 0 Å². The molecule has 6 nitrogen and oxygen atoms in total. The first-order chi connectivity index (χ1) is 15.8. The first-order valence-electron chi connectivity index (χ1n) is 11.9. The fourth-order valence-corrected chi connectivity index (χ4v) is 5.57. The highest BCUT2D eigenvalue weighted by molar-refractivity contribution is 6.12. The van der Waals surface area contributed by atoms with Gasteiger partial charge in [0, 0.05) is 22.9 Å². The highest BCUT2D eigenvalue weighted by atomic mass is 16.5. The summed E-state index contributed by atoms with van der Waals surface area (Å²) in [6.45, 7) is 5.73. The molecule has 0 amide bonds. The summed E-state index contributed by atoms with van der Waals surface area (Å²) in [4.78, 5) is 39.8. The van der Waals surface area contributed by atoms with Gasteiger partial charge in [0.1, 0.15) is 12.0 Å². The minimum Gasteiger partial charge on any atom is -0.468 e. The molecule has 1 N–H and O–H groups in total. The second-order valence-corrected chi connectivity index (χ2v) is 9.56. The molecule has 0 radical (unpaired) electrons. The Hall–Kier alpha value is -2.89. The number of aryl methyl sites for hydroxylation is 1. The number of carbonyl (C=O) groups is 3. The summed E-state index contributed by atoms with van der Waals surface area (Å²) in [5.74, 6) is -2.83. The maximum Gasteiger partial charge on any atom is 0.337 e. The molecule has 0 spiro atoms. The van der Waals surface area contributed by atoms with Gasteiger partial charge in [0.15, 0.2) is 5.78 Å². The molecule has 0 saturated heterocycles. The Kier molecular flexibility index (Phi) is 6.73. The van der Waals surface area contributed by atoms with E-state index in [-0.39, 0.29) is 23.8 Å². The summed E-state index contributed by atoms with van der Waals surface area (Å²) in [6.07, 6.45) is 5.46. The van der Waals surface area contributed by atoms with Crippen molar-refractivity contribution in [3.8, 4) is 0 Å². The lowest BCUT2D eigenvalue weighted by molar-refractivity contribution is -0.151. The van der Waals surface area contributed by atoms with Gasteiger partial charge in [-0.05, 0) is 63.0 Å². The van der Waals surface area contributed by atoms with E-state index in [9.17, 15) is 14.4 Å². The van der Waals surface area contributed by atoms with Crippen LogP contribution >= 0.6 is 0 Å². The van der Waals surface area contributed by atoms with Gasteiger partial charge in [-0.15, -0.1) is 0 Å². The van der Waals surface area contributed by atoms with Gasteiger partial charge < -0.3 is 14.8 Å². The summed E-state index contributed by atoms with van der Waals surface area (Å²) in [5, 5.41) is 3.33. The minimum atomic E-state index is -0.879. The van der Waals surface area contributed by atoms with Crippen molar-refractivity contribution in [3.05, 3.63) is 57.9 Å². The van der Waals surface area contributed by atoms with Crippen LogP contribution in [0.3, 0.4) is 0 Å². The predicted molar refractivity (Wildman–Crippen MR) is 124 cm³/mol. The third kappa shape index (κ3) is 4.35.